The van der Waals surface area contributed by atoms with Crippen LogP contribution in [0, 0.1) is 6.92 Å². The van der Waals surface area contributed by atoms with Crippen LogP contribution < -0.4 is 0 Å². The quantitative estimate of drug-likeness (QED) is 0.683. The Morgan fingerprint density at radius 1 is 1.33 bits per heavy atom. The number of rotatable bonds is 4. The van der Waals surface area contributed by atoms with Gasteiger partial charge in [0.15, 0.2) is 0 Å². The minimum atomic E-state index is -0.129. The molecule has 1 unspecified atom stereocenters. The van der Waals surface area contributed by atoms with E-state index in [0.29, 0.717) is 6.61 Å². The van der Waals surface area contributed by atoms with Crippen molar-refractivity contribution < 1.29 is 9.84 Å². The number of benzene rings is 2. The number of aliphatic imine (C=N–C) groups is 1. The normalized spacial score (nSPS) is 17.0. The largest absolute Gasteiger partial charge is 0.508 e. The van der Waals surface area contributed by atoms with E-state index in [1.54, 1.807) is 12.1 Å². The number of hydrogen-bond acceptors (Lipinski definition) is 3. The van der Waals surface area contributed by atoms with Gasteiger partial charge in [0.1, 0.15) is 11.9 Å². The zero-order valence-corrected chi connectivity index (χ0v) is 14.5. The van der Waals surface area contributed by atoms with E-state index in [1.165, 1.54) is 11.1 Å². The second kappa shape index (κ2) is 7.05. The maximum Gasteiger partial charge on any atom is 0.115 e. The Labute approximate surface area is 143 Å². The summed E-state index contributed by atoms with van der Waals surface area (Å²) in [4.78, 5) is 6.67. The maximum atomic E-state index is 9.76. The minimum absolute atomic E-state index is 0.129. The number of ether oxygens (including phenoxy) is 1. The van der Waals surface area contributed by atoms with Gasteiger partial charge in [0.2, 0.25) is 0 Å². The first-order chi connectivity index (χ1) is 11.6. The second-order valence-electron chi connectivity index (χ2n) is 6.25. The predicted molar refractivity (Wildman–Crippen MR) is 97.2 cm³/mol. The average Bonchev–Trinajstić information content (AvgIpc) is 2.59. The van der Waals surface area contributed by atoms with Gasteiger partial charge in [0.05, 0.1) is 18.6 Å². The van der Waals surface area contributed by atoms with Crippen LogP contribution in [-0.4, -0.2) is 36.5 Å². The second-order valence-corrected chi connectivity index (χ2v) is 6.25. The number of hydrogen-bond donors (Lipinski definition) is 1. The van der Waals surface area contributed by atoms with Gasteiger partial charge >= 0.3 is 0 Å². The van der Waals surface area contributed by atoms with Gasteiger partial charge in [-0.2, -0.15) is 0 Å². The number of fused-ring (bicyclic) bond motifs is 1. The number of aromatic hydroxyl groups is 1. The average molecular weight is 324 g/mol. The molecule has 1 aliphatic rings. The standard InChI is InChI=1S/C20H24N2O2/c1-4-22(3)13-21-19-12-15-8-9-24-20(18(15)10-14(19)2)16-6-5-7-17(23)11-16/h5-7,10-13,20,23H,4,8-9H2,1-3H3. The third kappa shape index (κ3) is 3.44. The van der Waals surface area contributed by atoms with E-state index in [9.17, 15) is 5.11 Å². The van der Waals surface area contributed by atoms with Crippen LogP contribution in [0.1, 0.15) is 35.3 Å². The Hall–Kier alpha value is -2.33. The van der Waals surface area contributed by atoms with E-state index < -0.39 is 0 Å². The highest BCUT2D eigenvalue weighted by molar-refractivity contribution is 5.64. The number of aryl methyl sites for hydroxylation is 1. The molecule has 1 aliphatic heterocycles. The van der Waals surface area contributed by atoms with E-state index in [2.05, 4.69) is 35.9 Å². The van der Waals surface area contributed by atoms with E-state index in [0.717, 1.165) is 29.8 Å². The summed E-state index contributed by atoms with van der Waals surface area (Å²) in [5, 5.41) is 9.76. The minimum Gasteiger partial charge on any atom is -0.508 e. The lowest BCUT2D eigenvalue weighted by molar-refractivity contribution is 0.0697. The molecule has 0 fully saturated rings. The molecular formula is C20H24N2O2. The van der Waals surface area contributed by atoms with Crippen LogP contribution in [0.25, 0.3) is 0 Å². The molecule has 24 heavy (non-hydrogen) atoms. The van der Waals surface area contributed by atoms with Crippen LogP contribution in [0.2, 0.25) is 0 Å². The third-order valence-electron chi connectivity index (χ3n) is 4.46. The molecule has 2 aromatic carbocycles. The molecule has 1 N–H and O–H groups in total. The molecule has 2 aromatic rings. The fraction of sp³-hybridized carbons (Fsp3) is 0.350. The predicted octanol–water partition coefficient (Wildman–Crippen LogP) is 3.97. The summed E-state index contributed by atoms with van der Waals surface area (Å²) in [7, 11) is 2.02. The van der Waals surface area contributed by atoms with Gasteiger partial charge in [-0.15, -0.1) is 0 Å². The Balaban J connectivity index is 1.97. The van der Waals surface area contributed by atoms with E-state index in [4.69, 9.17) is 4.74 Å². The molecule has 0 aromatic heterocycles. The molecule has 0 saturated heterocycles. The van der Waals surface area contributed by atoms with Crippen LogP contribution in [-0.2, 0) is 11.2 Å². The lowest BCUT2D eigenvalue weighted by Crippen LogP contribution is -2.17. The molecule has 0 bridgehead atoms. The first-order valence-electron chi connectivity index (χ1n) is 8.37. The van der Waals surface area contributed by atoms with Crippen molar-refractivity contribution in [2.45, 2.75) is 26.4 Å². The van der Waals surface area contributed by atoms with Gasteiger partial charge in [-0.1, -0.05) is 18.2 Å². The highest BCUT2D eigenvalue weighted by Crippen LogP contribution is 2.37. The lowest BCUT2D eigenvalue weighted by Gasteiger charge is -2.27. The monoisotopic (exact) mass is 324 g/mol. The van der Waals surface area contributed by atoms with Crippen LogP contribution in [0.4, 0.5) is 5.69 Å². The fourth-order valence-corrected chi connectivity index (χ4v) is 2.94. The number of nitrogens with zero attached hydrogens (tertiary/aromatic N) is 2. The van der Waals surface area contributed by atoms with Crippen molar-refractivity contribution in [3.63, 3.8) is 0 Å². The Morgan fingerprint density at radius 2 is 2.17 bits per heavy atom. The highest BCUT2D eigenvalue weighted by Gasteiger charge is 2.24. The fourth-order valence-electron chi connectivity index (χ4n) is 2.94. The van der Waals surface area contributed by atoms with Crippen molar-refractivity contribution in [2.75, 3.05) is 20.2 Å². The molecule has 4 nitrogen and oxygen atoms in total. The first kappa shape index (κ1) is 16.5. The first-order valence-corrected chi connectivity index (χ1v) is 8.37. The summed E-state index contributed by atoms with van der Waals surface area (Å²) in [5.41, 5.74) is 5.56. The molecule has 3 rings (SSSR count). The summed E-state index contributed by atoms with van der Waals surface area (Å²) < 4.78 is 6.00. The Bertz CT molecular complexity index is 755. The van der Waals surface area contributed by atoms with Gasteiger partial charge < -0.3 is 14.7 Å². The molecule has 0 aliphatic carbocycles. The molecule has 1 atom stereocenters. The summed E-state index contributed by atoms with van der Waals surface area (Å²) in [6, 6.07) is 11.6. The van der Waals surface area contributed by atoms with Crippen LogP contribution in [0.5, 0.6) is 5.75 Å². The van der Waals surface area contributed by atoms with Gasteiger partial charge in [-0.25, -0.2) is 4.99 Å². The van der Waals surface area contributed by atoms with Crippen molar-refractivity contribution in [3.8, 4) is 5.75 Å². The maximum absolute atomic E-state index is 9.76. The molecule has 126 valence electrons. The van der Waals surface area contributed by atoms with E-state index in [-0.39, 0.29) is 11.9 Å². The summed E-state index contributed by atoms with van der Waals surface area (Å²) >= 11 is 0. The third-order valence-corrected chi connectivity index (χ3v) is 4.46. The van der Waals surface area contributed by atoms with Crippen LogP contribution in [0.15, 0.2) is 41.4 Å². The van der Waals surface area contributed by atoms with E-state index in [1.807, 2.05) is 25.5 Å². The van der Waals surface area contributed by atoms with Crippen molar-refractivity contribution in [1.82, 2.24) is 4.90 Å². The molecule has 0 spiro atoms. The molecule has 1 heterocycles. The Morgan fingerprint density at radius 3 is 2.92 bits per heavy atom. The topological polar surface area (TPSA) is 45.1 Å². The summed E-state index contributed by atoms with van der Waals surface area (Å²) in [6.07, 6.45) is 2.63. The van der Waals surface area contributed by atoms with Crippen molar-refractivity contribution in [3.05, 3.63) is 58.7 Å². The molecule has 4 heteroatoms. The molecule has 0 radical (unpaired) electrons. The highest BCUT2D eigenvalue weighted by atomic mass is 16.5. The smallest absolute Gasteiger partial charge is 0.115 e. The number of phenols is 1. The molecule has 0 amide bonds. The number of phenolic OH excluding ortho intramolecular Hbond substituents is 1. The van der Waals surface area contributed by atoms with Crippen molar-refractivity contribution in [2.24, 2.45) is 4.99 Å². The van der Waals surface area contributed by atoms with Gasteiger partial charge in [-0.3, -0.25) is 0 Å². The lowest BCUT2D eigenvalue weighted by atomic mass is 9.91. The molecular weight excluding hydrogens is 300 g/mol. The van der Waals surface area contributed by atoms with Gasteiger partial charge in [-0.05, 0) is 60.7 Å². The Kier molecular flexibility index (Phi) is 4.86. The zero-order valence-electron chi connectivity index (χ0n) is 14.5. The zero-order chi connectivity index (χ0) is 17.1. The van der Waals surface area contributed by atoms with Gasteiger partial charge in [0, 0.05) is 13.6 Å². The SMILES string of the molecule is CCN(C)C=Nc1cc2c(cc1C)C(c1cccc(O)c1)OCC2. The van der Waals surface area contributed by atoms with Crippen LogP contribution >= 0.6 is 0 Å². The van der Waals surface area contributed by atoms with Crippen LogP contribution in [0.3, 0.4) is 0 Å². The summed E-state index contributed by atoms with van der Waals surface area (Å²) in [6.45, 7) is 5.78. The van der Waals surface area contributed by atoms with Crippen molar-refractivity contribution >= 4 is 12.0 Å². The van der Waals surface area contributed by atoms with E-state index >= 15 is 0 Å². The van der Waals surface area contributed by atoms with Gasteiger partial charge in [0.25, 0.3) is 0 Å². The summed E-state index contributed by atoms with van der Waals surface area (Å²) in [5.74, 6) is 0.267. The van der Waals surface area contributed by atoms with Crippen molar-refractivity contribution in [1.29, 1.82) is 0 Å². The molecule has 0 saturated carbocycles.